The Kier molecular flexibility index (Phi) is 12.9. The number of nitrogens with one attached hydrogen (secondary N) is 6. The lowest BCUT2D eigenvalue weighted by Gasteiger charge is -2.12. The van der Waals surface area contributed by atoms with Gasteiger partial charge >= 0.3 is 0 Å². The monoisotopic (exact) mass is 720 g/mol. The minimum atomic E-state index is 0.458. The summed E-state index contributed by atoms with van der Waals surface area (Å²) in [6, 6.07) is 32.2. The van der Waals surface area contributed by atoms with E-state index in [-0.39, 0.29) is 0 Å². The molecule has 0 bridgehead atoms. The van der Waals surface area contributed by atoms with Gasteiger partial charge < -0.3 is 31.9 Å². The SMILES string of the molecule is CCCCNc1nc(Nc2ccccc2)nc(Nc2ccc(C=Cc3ccc(Nc4nc(NCCCC)nc(Nc5ccccc5)n4)cc3C)c(C)c2)n1. The van der Waals surface area contributed by atoms with E-state index in [9.17, 15) is 0 Å². The molecular formula is C42H48N12. The second kappa shape index (κ2) is 18.8. The van der Waals surface area contributed by atoms with Gasteiger partial charge in [-0.3, -0.25) is 0 Å². The maximum Gasteiger partial charge on any atom is 0.233 e. The van der Waals surface area contributed by atoms with E-state index in [4.69, 9.17) is 0 Å². The molecule has 276 valence electrons. The van der Waals surface area contributed by atoms with Gasteiger partial charge in [0.25, 0.3) is 0 Å². The van der Waals surface area contributed by atoms with Crippen LogP contribution in [0, 0.1) is 13.8 Å². The second-order valence-electron chi connectivity index (χ2n) is 12.9. The molecule has 0 unspecified atom stereocenters. The summed E-state index contributed by atoms with van der Waals surface area (Å²) >= 11 is 0. The first-order valence-corrected chi connectivity index (χ1v) is 18.5. The average Bonchev–Trinajstić information content (AvgIpc) is 3.16. The van der Waals surface area contributed by atoms with E-state index in [2.05, 4.69) is 126 Å². The number of hydrogen-bond acceptors (Lipinski definition) is 12. The van der Waals surface area contributed by atoms with Gasteiger partial charge in [0.1, 0.15) is 0 Å². The summed E-state index contributed by atoms with van der Waals surface area (Å²) in [5.41, 5.74) is 8.02. The van der Waals surface area contributed by atoms with Crippen LogP contribution in [0.5, 0.6) is 0 Å². The molecule has 2 aromatic heterocycles. The Hall–Kier alpha value is -6.56. The van der Waals surface area contributed by atoms with Gasteiger partial charge in [0.05, 0.1) is 0 Å². The number of para-hydroxylation sites is 2. The molecule has 0 fully saturated rings. The van der Waals surface area contributed by atoms with Crippen molar-refractivity contribution in [1.82, 2.24) is 29.9 Å². The number of hydrogen-bond donors (Lipinski definition) is 6. The molecule has 0 aliphatic rings. The number of aromatic nitrogens is 6. The van der Waals surface area contributed by atoms with Gasteiger partial charge in [0, 0.05) is 35.8 Å². The summed E-state index contributed by atoms with van der Waals surface area (Å²) < 4.78 is 0. The number of aryl methyl sites for hydroxylation is 2. The van der Waals surface area contributed by atoms with Crippen molar-refractivity contribution in [2.24, 2.45) is 0 Å². The molecule has 0 atom stereocenters. The second-order valence-corrected chi connectivity index (χ2v) is 12.9. The Labute approximate surface area is 317 Å². The molecule has 6 N–H and O–H groups in total. The van der Waals surface area contributed by atoms with Crippen molar-refractivity contribution in [2.45, 2.75) is 53.4 Å². The molecule has 0 radical (unpaired) electrons. The lowest BCUT2D eigenvalue weighted by atomic mass is 10.0. The van der Waals surface area contributed by atoms with E-state index in [0.717, 1.165) is 83.8 Å². The number of anilines is 10. The summed E-state index contributed by atoms with van der Waals surface area (Å²) in [7, 11) is 0. The number of unbranched alkanes of at least 4 members (excludes halogenated alkanes) is 2. The molecule has 0 spiro atoms. The van der Waals surface area contributed by atoms with Crippen LogP contribution in [-0.4, -0.2) is 43.0 Å². The van der Waals surface area contributed by atoms with E-state index in [1.54, 1.807) is 0 Å². The number of rotatable bonds is 18. The van der Waals surface area contributed by atoms with Gasteiger partial charge in [-0.25, -0.2) is 0 Å². The van der Waals surface area contributed by atoms with E-state index in [1.165, 1.54) is 0 Å². The first-order chi connectivity index (χ1) is 26.4. The Balaban J connectivity index is 1.13. The fraction of sp³-hybridized carbons (Fsp3) is 0.238. The van der Waals surface area contributed by atoms with E-state index in [0.29, 0.717) is 35.7 Å². The highest BCUT2D eigenvalue weighted by atomic mass is 15.3. The summed E-state index contributed by atoms with van der Waals surface area (Å²) in [5.74, 6) is 2.89. The van der Waals surface area contributed by atoms with E-state index >= 15 is 0 Å². The zero-order chi connectivity index (χ0) is 37.5. The van der Waals surface area contributed by atoms with E-state index in [1.807, 2.05) is 72.8 Å². The smallest absolute Gasteiger partial charge is 0.233 e. The minimum Gasteiger partial charge on any atom is -0.354 e. The van der Waals surface area contributed by atoms with Crippen molar-refractivity contribution in [2.75, 3.05) is 45.0 Å². The highest BCUT2D eigenvalue weighted by Crippen LogP contribution is 2.25. The first kappa shape index (κ1) is 37.2. The molecule has 12 nitrogen and oxygen atoms in total. The first-order valence-electron chi connectivity index (χ1n) is 18.5. The Bertz CT molecular complexity index is 1990. The highest BCUT2D eigenvalue weighted by molar-refractivity contribution is 5.75. The van der Waals surface area contributed by atoms with Crippen molar-refractivity contribution in [3.63, 3.8) is 0 Å². The number of nitrogens with zero attached hydrogens (tertiary/aromatic N) is 6. The number of benzene rings is 4. The molecule has 6 rings (SSSR count). The summed E-state index contributed by atoms with van der Waals surface area (Å²) in [6.45, 7) is 10.1. The third-order valence-corrected chi connectivity index (χ3v) is 8.45. The average molecular weight is 721 g/mol. The molecule has 0 aliphatic carbocycles. The molecule has 12 heteroatoms. The maximum absolute atomic E-state index is 4.64. The van der Waals surface area contributed by atoms with Gasteiger partial charge in [-0.1, -0.05) is 87.4 Å². The molecular weight excluding hydrogens is 673 g/mol. The molecule has 4 aromatic carbocycles. The van der Waals surface area contributed by atoms with Crippen molar-refractivity contribution in [1.29, 1.82) is 0 Å². The maximum atomic E-state index is 4.64. The molecule has 0 amide bonds. The van der Waals surface area contributed by atoms with Crippen molar-refractivity contribution in [3.05, 3.63) is 119 Å². The van der Waals surface area contributed by atoms with Crippen molar-refractivity contribution in [3.8, 4) is 0 Å². The molecule has 0 saturated carbocycles. The molecule has 6 aromatic rings. The lowest BCUT2D eigenvalue weighted by Crippen LogP contribution is -2.10. The molecule has 0 aliphatic heterocycles. The normalized spacial score (nSPS) is 11.0. The van der Waals surface area contributed by atoms with Crippen LogP contribution in [0.2, 0.25) is 0 Å². The van der Waals surface area contributed by atoms with Gasteiger partial charge in [0.15, 0.2) is 0 Å². The standard InChI is InChI=1S/C42H48N12/c1-5-7-25-43-37-49-39(45-33-15-11-9-12-16-33)53-41(51-37)47-35-23-21-31(29(3)27-35)19-20-32-22-24-36(28-30(32)4)48-42-52-38(44-26-8-6-2)50-40(54-42)46-34-17-13-10-14-18-34/h9-24,27-28H,5-8,25-26H2,1-4H3,(H3,43,45,47,49,51,53)(H3,44,46,48,50,52,54). The summed E-state index contributed by atoms with van der Waals surface area (Å²) in [5, 5.41) is 20.0. The van der Waals surface area contributed by atoms with Crippen LogP contribution in [0.15, 0.2) is 97.1 Å². The summed E-state index contributed by atoms with van der Waals surface area (Å²) in [4.78, 5) is 27.7. The third kappa shape index (κ3) is 11.0. The Morgan fingerprint density at radius 1 is 0.426 bits per heavy atom. The van der Waals surface area contributed by atoms with Crippen molar-refractivity contribution >= 4 is 70.6 Å². The van der Waals surface area contributed by atoms with Crippen LogP contribution in [-0.2, 0) is 0 Å². The fourth-order valence-corrected chi connectivity index (χ4v) is 5.51. The van der Waals surface area contributed by atoms with Crippen LogP contribution < -0.4 is 31.9 Å². The van der Waals surface area contributed by atoms with Crippen LogP contribution in [0.25, 0.3) is 12.2 Å². The summed E-state index contributed by atoms with van der Waals surface area (Å²) in [6.07, 6.45) is 8.48. The predicted molar refractivity (Wildman–Crippen MR) is 224 cm³/mol. The lowest BCUT2D eigenvalue weighted by molar-refractivity contribution is 0.825. The van der Waals surface area contributed by atoms with Gasteiger partial charge in [-0.2, -0.15) is 29.9 Å². The molecule has 0 saturated heterocycles. The molecule has 54 heavy (non-hydrogen) atoms. The predicted octanol–water partition coefficient (Wildman–Crippen LogP) is 10.2. The van der Waals surface area contributed by atoms with Crippen LogP contribution >= 0.6 is 0 Å². The minimum absolute atomic E-state index is 0.458. The van der Waals surface area contributed by atoms with Gasteiger partial charge in [-0.05, 0) is 97.5 Å². The Morgan fingerprint density at radius 3 is 1.13 bits per heavy atom. The van der Waals surface area contributed by atoms with Gasteiger partial charge in [-0.15, -0.1) is 0 Å². The topological polar surface area (TPSA) is 150 Å². The van der Waals surface area contributed by atoms with Crippen LogP contribution in [0.1, 0.15) is 61.8 Å². The molecule has 2 heterocycles. The highest BCUT2D eigenvalue weighted by Gasteiger charge is 2.10. The third-order valence-electron chi connectivity index (χ3n) is 8.45. The largest absolute Gasteiger partial charge is 0.354 e. The van der Waals surface area contributed by atoms with Crippen molar-refractivity contribution < 1.29 is 0 Å². The van der Waals surface area contributed by atoms with Crippen LogP contribution in [0.4, 0.5) is 58.4 Å². The quantitative estimate of drug-likeness (QED) is 0.0370. The zero-order valence-corrected chi connectivity index (χ0v) is 31.3. The fourth-order valence-electron chi connectivity index (χ4n) is 5.51. The van der Waals surface area contributed by atoms with Gasteiger partial charge in [0.2, 0.25) is 35.7 Å². The Morgan fingerprint density at radius 2 is 0.778 bits per heavy atom. The van der Waals surface area contributed by atoms with E-state index < -0.39 is 0 Å². The van der Waals surface area contributed by atoms with Crippen LogP contribution in [0.3, 0.4) is 0 Å². The zero-order valence-electron chi connectivity index (χ0n) is 31.3.